The van der Waals surface area contributed by atoms with E-state index < -0.39 is 0 Å². The molecule has 29 valence electrons. The van der Waals surface area contributed by atoms with Gasteiger partial charge in [0.2, 0.25) is 0 Å². The minimum absolute atomic E-state index is 0. The molecule has 0 aromatic rings. The molecule has 0 rings (SSSR count). The largest absolute Gasteiger partial charge is 0.269 e. The van der Waals surface area contributed by atoms with Gasteiger partial charge in [-0.05, 0) is 0 Å². The number of rotatable bonds is 0. The van der Waals surface area contributed by atoms with Crippen molar-refractivity contribution in [3.8, 4) is 0 Å². The quantitative estimate of drug-likeness (QED) is 0.400. The molecule has 4 heavy (non-hydrogen) atoms. The summed E-state index contributed by atoms with van der Waals surface area (Å²) >= 11 is 0. The van der Waals surface area contributed by atoms with Crippen LogP contribution in [0.3, 0.4) is 0 Å². The summed E-state index contributed by atoms with van der Waals surface area (Å²) in [7, 11) is 0. The molecule has 0 heterocycles. The average molecular weight is 69.1 g/mol. The second-order valence-electron chi connectivity index (χ2n) is 0. The summed E-state index contributed by atoms with van der Waals surface area (Å²) < 4.78 is 0. The summed E-state index contributed by atoms with van der Waals surface area (Å²) in [4.78, 5) is 0. The highest BCUT2D eigenvalue weighted by molar-refractivity contribution is 3.94. The van der Waals surface area contributed by atoms with E-state index in [9.17, 15) is 0 Å². The third-order valence-corrected chi connectivity index (χ3v) is 0. The number of hydrogen-bond acceptors (Lipinski definition) is 0. The molecule has 0 saturated carbocycles. The van der Waals surface area contributed by atoms with Crippen LogP contribution >= 0.6 is 0 Å². The van der Waals surface area contributed by atoms with Crippen LogP contribution in [-0.4, -0.2) is 0 Å². The molecule has 0 aliphatic heterocycles. The van der Waals surface area contributed by atoms with Gasteiger partial charge in [0.05, 0.1) is 0 Å². The van der Waals surface area contributed by atoms with E-state index in [0.29, 0.717) is 0 Å². The van der Waals surface area contributed by atoms with E-state index in [4.69, 9.17) is 0 Å². The minimum atomic E-state index is 0. The Balaban J connectivity index is -0.00000000500. The van der Waals surface area contributed by atoms with Gasteiger partial charge in [0.15, 0.2) is 0 Å². The Labute approximate surface area is 24.6 Å². The predicted molar refractivity (Wildman–Crippen MR) is 16.0 cm³/mol. The number of halogens is 2. The van der Waals surface area contributed by atoms with Gasteiger partial charge in [0.25, 0.3) is 0 Å². The van der Waals surface area contributed by atoms with E-state index in [1.807, 2.05) is 0 Å². The fourth-order valence-corrected chi connectivity index (χ4v) is 0. The molecule has 2 heteroatoms. The summed E-state index contributed by atoms with van der Waals surface area (Å²) in [6.07, 6.45) is 0. The van der Waals surface area contributed by atoms with Crippen LogP contribution in [0.4, 0.5) is 9.41 Å². The van der Waals surface area contributed by atoms with Gasteiger partial charge in [-0.15, -0.1) is 0 Å². The molecule has 0 bridgehead atoms. The Bertz CT molecular complexity index is 4.00. The van der Waals surface area contributed by atoms with Gasteiger partial charge in [-0.2, -0.15) is 0 Å². The highest BCUT2D eigenvalue weighted by Gasteiger charge is 0.939. The maximum Gasteiger partial charge on any atom is -0.0564 e. The van der Waals surface area contributed by atoms with Crippen LogP contribution in [0, 0.1) is 6.92 Å². The van der Waals surface area contributed by atoms with Crippen LogP contribution in [0.25, 0.3) is 0 Å². The molecular weight excluding hydrogens is 62.0 g/mol. The maximum absolute atomic E-state index is 3.25. The van der Waals surface area contributed by atoms with Crippen LogP contribution in [-0.2, 0) is 0 Å². The van der Waals surface area contributed by atoms with E-state index in [1.165, 1.54) is 0 Å². The fraction of sp³-hybridized carbons (Fsp3) is 0.500. The summed E-state index contributed by atoms with van der Waals surface area (Å²) in [5.74, 6) is 0. The van der Waals surface area contributed by atoms with E-state index in [1.54, 1.807) is 6.92 Å². The van der Waals surface area contributed by atoms with Crippen LogP contribution in [0.15, 0.2) is 0 Å². The van der Waals surface area contributed by atoms with E-state index in [2.05, 4.69) is 6.92 Å². The minimum Gasteiger partial charge on any atom is -0.269 e. The van der Waals surface area contributed by atoms with Gasteiger partial charge in [-0.1, -0.05) is 13.8 Å². The lowest BCUT2D eigenvalue weighted by atomic mass is 11.0. The summed E-state index contributed by atoms with van der Waals surface area (Å²) in [6.45, 7) is 5.00. The molecule has 0 aliphatic rings. The lowest BCUT2D eigenvalue weighted by Crippen LogP contribution is -0.888. The average Bonchev–Trinajstić information content (AvgIpc) is 1.00. The van der Waals surface area contributed by atoms with Crippen molar-refractivity contribution in [1.29, 1.82) is 0 Å². The Morgan fingerprint density at radius 2 is 1.00 bits per heavy atom. The second kappa shape index (κ2) is 505. The maximum atomic E-state index is 3.25. The Kier molecular flexibility index (Phi) is 5390. The molecular formula is C2H7F2. The van der Waals surface area contributed by atoms with Gasteiger partial charge in [-0.25, -0.2) is 0 Å². The zero-order chi connectivity index (χ0) is 2.00. The molecule has 0 nitrogen and oxygen atoms in total. The van der Waals surface area contributed by atoms with Crippen LogP contribution in [0.2, 0.25) is 0 Å². The predicted octanol–water partition coefficient (Wildman–Crippen LogP) is 1.15. The van der Waals surface area contributed by atoms with Crippen molar-refractivity contribution in [3.05, 3.63) is 6.92 Å². The van der Waals surface area contributed by atoms with Crippen molar-refractivity contribution in [2.24, 2.45) is 0 Å². The highest BCUT2D eigenvalue weighted by atomic mass is 19.0. The second-order valence-corrected chi connectivity index (χ2v) is 0. The highest BCUT2D eigenvalue weighted by Crippen LogP contribution is 1.11. The zero-order valence-electron chi connectivity index (χ0n) is 2.52. The topological polar surface area (TPSA) is 0 Å². The normalized spacial score (nSPS) is 1.50. The molecule has 0 spiro atoms. The SMILES string of the molecule is F.F.[CH2]C. The van der Waals surface area contributed by atoms with E-state index >= 15 is 0 Å². The first-order valence-electron chi connectivity index (χ1n) is 0.707. The molecule has 0 aliphatic carbocycles. The molecule has 0 N–H and O–H groups in total. The van der Waals surface area contributed by atoms with Crippen molar-refractivity contribution in [3.63, 3.8) is 0 Å². The van der Waals surface area contributed by atoms with Gasteiger partial charge < -0.3 is 0 Å². The molecule has 0 saturated heterocycles. The third kappa shape index (κ3) is 70.2. The lowest BCUT2D eigenvalue weighted by molar-refractivity contribution is 1.11. The summed E-state index contributed by atoms with van der Waals surface area (Å²) in [5, 5.41) is 0. The van der Waals surface area contributed by atoms with Crippen LogP contribution < -0.4 is 0 Å². The standard InChI is InChI=1S/C2H5.2FH/c1-2;;/h1H2,2H3;2*1H. The molecule has 0 aromatic carbocycles. The fourth-order valence-electron chi connectivity index (χ4n) is 0. The Morgan fingerprint density at radius 1 is 1.00 bits per heavy atom. The monoisotopic (exact) mass is 69.1 g/mol. The molecule has 0 unspecified atom stereocenters. The van der Waals surface area contributed by atoms with Crippen LogP contribution in [0.5, 0.6) is 0 Å². The Hall–Kier alpha value is -0.140. The molecule has 1 radical (unpaired) electrons. The van der Waals surface area contributed by atoms with E-state index in [-0.39, 0.29) is 9.41 Å². The van der Waals surface area contributed by atoms with Gasteiger partial charge >= 0.3 is 0 Å². The van der Waals surface area contributed by atoms with Gasteiger partial charge in [0.1, 0.15) is 0 Å². The summed E-state index contributed by atoms with van der Waals surface area (Å²) in [6, 6.07) is 0. The van der Waals surface area contributed by atoms with Crippen molar-refractivity contribution in [2.45, 2.75) is 6.92 Å². The summed E-state index contributed by atoms with van der Waals surface area (Å²) in [5.41, 5.74) is 0. The molecule has 0 fully saturated rings. The first-order valence-corrected chi connectivity index (χ1v) is 0.707. The van der Waals surface area contributed by atoms with Gasteiger partial charge in [0, 0.05) is 0 Å². The molecule has 0 atom stereocenters. The van der Waals surface area contributed by atoms with Crippen molar-refractivity contribution in [1.82, 2.24) is 0 Å². The molecule has 0 aromatic heterocycles. The number of hydrogen-bond donors (Lipinski definition) is 0. The smallest absolute Gasteiger partial charge is 0.0564 e. The first-order chi connectivity index (χ1) is 1.00. The Morgan fingerprint density at radius 3 is 1.00 bits per heavy atom. The van der Waals surface area contributed by atoms with Crippen molar-refractivity contribution < 1.29 is 9.41 Å². The van der Waals surface area contributed by atoms with Gasteiger partial charge in [-0.3, -0.25) is 9.41 Å². The molecule has 0 amide bonds. The van der Waals surface area contributed by atoms with Crippen molar-refractivity contribution >= 4 is 0 Å². The first kappa shape index (κ1) is 42.7. The van der Waals surface area contributed by atoms with E-state index in [0.717, 1.165) is 0 Å². The zero-order valence-corrected chi connectivity index (χ0v) is 2.52. The third-order valence-electron chi connectivity index (χ3n) is 0. The van der Waals surface area contributed by atoms with Crippen molar-refractivity contribution in [2.75, 3.05) is 0 Å². The lowest BCUT2D eigenvalue weighted by Gasteiger charge is -1.06. The van der Waals surface area contributed by atoms with Crippen LogP contribution in [0.1, 0.15) is 6.92 Å².